The van der Waals surface area contributed by atoms with Crippen molar-refractivity contribution in [1.29, 1.82) is 0 Å². The minimum Gasteiger partial charge on any atom is -0.429 e. The summed E-state index contributed by atoms with van der Waals surface area (Å²) < 4.78 is 37.7. The lowest BCUT2D eigenvalue weighted by Gasteiger charge is -2.23. The maximum absolute atomic E-state index is 12.6. The number of sulfonamides is 1. The maximum Gasteiger partial charge on any atom is 0.510 e. The molecule has 2 aromatic rings. The SMILES string of the molecule is CC(C)(C)OC(=O)OC(NS(=O)(=O)c1ccccc1)c1cccc([N+](=O)[O-])c1. The fourth-order valence-electron chi connectivity index (χ4n) is 2.14. The van der Waals surface area contributed by atoms with Crippen molar-refractivity contribution in [2.75, 3.05) is 0 Å². The summed E-state index contributed by atoms with van der Waals surface area (Å²) in [6.07, 6.45) is -2.65. The highest BCUT2D eigenvalue weighted by Crippen LogP contribution is 2.24. The van der Waals surface area contributed by atoms with Gasteiger partial charge in [-0.1, -0.05) is 30.3 Å². The molecule has 0 bridgehead atoms. The van der Waals surface area contributed by atoms with Gasteiger partial charge < -0.3 is 9.47 Å². The molecule has 1 N–H and O–H groups in total. The smallest absolute Gasteiger partial charge is 0.429 e. The standard InChI is InChI=1S/C18H20N2O7S/c1-18(2,3)27-17(21)26-16(13-8-7-9-14(12-13)20(22)23)19-28(24,25)15-10-5-4-6-11-15/h4-12,16,19H,1-3H3. The van der Waals surface area contributed by atoms with E-state index in [-0.39, 0.29) is 16.1 Å². The van der Waals surface area contributed by atoms with E-state index in [9.17, 15) is 23.3 Å². The lowest BCUT2D eigenvalue weighted by molar-refractivity contribution is -0.385. The fraction of sp³-hybridized carbons (Fsp3) is 0.278. The van der Waals surface area contributed by atoms with Crippen molar-refractivity contribution in [2.45, 2.75) is 37.5 Å². The Labute approximate surface area is 162 Å². The zero-order chi connectivity index (χ0) is 20.9. The summed E-state index contributed by atoms with van der Waals surface area (Å²) in [4.78, 5) is 22.4. The van der Waals surface area contributed by atoms with Gasteiger partial charge >= 0.3 is 6.16 Å². The molecule has 0 aliphatic rings. The molecule has 0 amide bonds. The van der Waals surface area contributed by atoms with Gasteiger partial charge in [0, 0.05) is 17.7 Å². The Morgan fingerprint density at radius 2 is 1.75 bits per heavy atom. The molecular weight excluding hydrogens is 388 g/mol. The van der Waals surface area contributed by atoms with Crippen LogP contribution in [-0.4, -0.2) is 25.1 Å². The van der Waals surface area contributed by atoms with Gasteiger partial charge in [0.2, 0.25) is 10.0 Å². The molecule has 0 fully saturated rings. The minimum atomic E-state index is -4.08. The van der Waals surface area contributed by atoms with Crippen LogP contribution < -0.4 is 4.72 Å². The van der Waals surface area contributed by atoms with Crippen molar-refractivity contribution >= 4 is 21.9 Å². The topological polar surface area (TPSA) is 125 Å². The molecule has 2 aromatic carbocycles. The summed E-state index contributed by atoms with van der Waals surface area (Å²) in [5.74, 6) is 0. The maximum atomic E-state index is 12.6. The van der Waals surface area contributed by atoms with Crippen LogP contribution in [0.1, 0.15) is 32.6 Å². The number of carbonyl (C=O) groups excluding carboxylic acids is 1. The van der Waals surface area contributed by atoms with Gasteiger partial charge in [0.25, 0.3) is 5.69 Å². The van der Waals surface area contributed by atoms with Crippen LogP contribution in [0, 0.1) is 10.1 Å². The number of nitro benzene ring substituents is 1. The zero-order valence-electron chi connectivity index (χ0n) is 15.5. The van der Waals surface area contributed by atoms with Crippen LogP contribution in [0.5, 0.6) is 0 Å². The van der Waals surface area contributed by atoms with Gasteiger partial charge in [-0.25, -0.2) is 13.2 Å². The molecule has 150 valence electrons. The number of benzene rings is 2. The van der Waals surface area contributed by atoms with Gasteiger partial charge in [-0.3, -0.25) is 10.1 Å². The van der Waals surface area contributed by atoms with E-state index in [1.807, 2.05) is 0 Å². The minimum absolute atomic E-state index is 0.0572. The Bertz CT molecular complexity index is 953. The van der Waals surface area contributed by atoms with E-state index in [0.29, 0.717) is 0 Å². The van der Waals surface area contributed by atoms with Crippen LogP contribution in [0.4, 0.5) is 10.5 Å². The number of rotatable bonds is 6. The second kappa shape index (κ2) is 8.36. The number of nitrogens with one attached hydrogen (secondary N) is 1. The first kappa shape index (κ1) is 21.3. The third-order valence-electron chi connectivity index (χ3n) is 3.30. The van der Waals surface area contributed by atoms with E-state index in [0.717, 1.165) is 6.07 Å². The van der Waals surface area contributed by atoms with E-state index in [1.165, 1.54) is 42.5 Å². The van der Waals surface area contributed by atoms with Gasteiger partial charge in [0.05, 0.1) is 9.82 Å². The predicted octanol–water partition coefficient (Wildman–Crippen LogP) is 3.52. The summed E-state index contributed by atoms with van der Waals surface area (Å²) in [5, 5.41) is 11.0. The Hall–Kier alpha value is -2.98. The number of hydrogen-bond acceptors (Lipinski definition) is 7. The summed E-state index contributed by atoms with van der Waals surface area (Å²) in [6, 6.07) is 12.5. The van der Waals surface area contributed by atoms with Crippen LogP contribution >= 0.6 is 0 Å². The first-order valence-corrected chi connectivity index (χ1v) is 9.68. The highest BCUT2D eigenvalue weighted by atomic mass is 32.2. The van der Waals surface area contributed by atoms with Gasteiger partial charge in [-0.2, -0.15) is 4.72 Å². The molecule has 1 unspecified atom stereocenters. The van der Waals surface area contributed by atoms with Gasteiger partial charge in [0.15, 0.2) is 6.23 Å². The van der Waals surface area contributed by atoms with Crippen molar-refractivity contribution in [3.63, 3.8) is 0 Å². The van der Waals surface area contributed by atoms with Gasteiger partial charge in [-0.05, 0) is 32.9 Å². The third kappa shape index (κ3) is 6.03. The molecule has 0 saturated carbocycles. The highest BCUT2D eigenvalue weighted by molar-refractivity contribution is 7.89. The fourth-order valence-corrected chi connectivity index (χ4v) is 3.26. The monoisotopic (exact) mass is 408 g/mol. The van der Waals surface area contributed by atoms with E-state index in [1.54, 1.807) is 26.8 Å². The van der Waals surface area contributed by atoms with Gasteiger partial charge in [-0.15, -0.1) is 0 Å². The van der Waals surface area contributed by atoms with Crippen LogP contribution in [-0.2, 0) is 19.5 Å². The summed E-state index contributed by atoms with van der Waals surface area (Å²) in [5.41, 5.74) is -1.09. The number of nitro groups is 1. The van der Waals surface area contributed by atoms with E-state index >= 15 is 0 Å². The molecule has 2 rings (SSSR count). The average molecular weight is 408 g/mol. The molecule has 0 heterocycles. The molecule has 0 saturated heterocycles. The largest absolute Gasteiger partial charge is 0.510 e. The second-order valence-electron chi connectivity index (χ2n) is 6.75. The number of ether oxygens (including phenoxy) is 2. The van der Waals surface area contributed by atoms with Crippen LogP contribution in [0.25, 0.3) is 0 Å². The van der Waals surface area contributed by atoms with Crippen LogP contribution in [0.3, 0.4) is 0 Å². The molecule has 0 aliphatic carbocycles. The Kier molecular flexibility index (Phi) is 6.37. The molecule has 9 nitrogen and oxygen atoms in total. The molecule has 10 heteroatoms. The van der Waals surface area contributed by atoms with Crippen LogP contribution in [0.2, 0.25) is 0 Å². The highest BCUT2D eigenvalue weighted by Gasteiger charge is 2.28. The first-order valence-electron chi connectivity index (χ1n) is 8.19. The number of hydrogen-bond donors (Lipinski definition) is 1. The molecule has 1 atom stereocenters. The molecule has 0 aliphatic heterocycles. The second-order valence-corrected chi connectivity index (χ2v) is 8.46. The molecule has 0 aromatic heterocycles. The quantitative estimate of drug-likeness (QED) is 0.335. The lowest BCUT2D eigenvalue weighted by Crippen LogP contribution is -2.34. The summed E-state index contributed by atoms with van der Waals surface area (Å²) in [6.45, 7) is 4.85. The summed E-state index contributed by atoms with van der Waals surface area (Å²) in [7, 11) is -4.08. The third-order valence-corrected chi connectivity index (χ3v) is 4.72. The number of carbonyl (C=O) groups is 1. The number of non-ortho nitro benzene ring substituents is 1. The first-order chi connectivity index (χ1) is 13.0. The van der Waals surface area contributed by atoms with Crippen LogP contribution in [0.15, 0.2) is 59.5 Å². The van der Waals surface area contributed by atoms with E-state index in [4.69, 9.17) is 9.47 Å². The number of nitrogens with zero attached hydrogens (tertiary/aromatic N) is 1. The van der Waals surface area contributed by atoms with Crippen molar-refractivity contribution in [1.82, 2.24) is 4.72 Å². The average Bonchev–Trinajstić information content (AvgIpc) is 2.60. The Balaban J connectivity index is 2.37. The lowest BCUT2D eigenvalue weighted by atomic mass is 10.2. The molecule has 0 radical (unpaired) electrons. The zero-order valence-corrected chi connectivity index (χ0v) is 16.3. The molecular formula is C18H20N2O7S. The van der Waals surface area contributed by atoms with E-state index < -0.39 is 32.9 Å². The van der Waals surface area contributed by atoms with Crippen molar-refractivity contribution in [3.05, 3.63) is 70.3 Å². The summed E-state index contributed by atoms with van der Waals surface area (Å²) >= 11 is 0. The Morgan fingerprint density at radius 1 is 1.11 bits per heavy atom. The van der Waals surface area contributed by atoms with Crippen molar-refractivity contribution in [3.8, 4) is 0 Å². The van der Waals surface area contributed by atoms with Crippen molar-refractivity contribution in [2.24, 2.45) is 0 Å². The van der Waals surface area contributed by atoms with E-state index in [2.05, 4.69) is 4.72 Å². The molecule has 0 spiro atoms. The Morgan fingerprint density at radius 3 is 2.32 bits per heavy atom. The van der Waals surface area contributed by atoms with Crippen molar-refractivity contribution < 1.29 is 27.6 Å². The predicted molar refractivity (Wildman–Crippen MR) is 99.9 cm³/mol. The normalized spacial score (nSPS) is 12.8. The molecule has 28 heavy (non-hydrogen) atoms. The van der Waals surface area contributed by atoms with Gasteiger partial charge in [0.1, 0.15) is 5.60 Å².